The number of hydrogen-bond donors (Lipinski definition) is 1. The first-order valence-corrected chi connectivity index (χ1v) is 9.00. The van der Waals surface area contributed by atoms with Crippen LogP contribution in [0.5, 0.6) is 0 Å². The lowest BCUT2D eigenvalue weighted by Gasteiger charge is -2.34. The highest BCUT2D eigenvalue weighted by molar-refractivity contribution is 5.34. The molecule has 2 aromatic carbocycles. The van der Waals surface area contributed by atoms with E-state index in [1.165, 1.54) is 31.2 Å². The van der Waals surface area contributed by atoms with Gasteiger partial charge in [0.2, 0.25) is 0 Å². The molecule has 0 amide bonds. The lowest BCUT2D eigenvalue weighted by atomic mass is 10.0. The van der Waals surface area contributed by atoms with Gasteiger partial charge in [0.1, 0.15) is 5.82 Å². The lowest BCUT2D eigenvalue weighted by Crippen LogP contribution is -2.43. The molecule has 0 spiro atoms. The molecule has 0 radical (unpaired) electrons. The van der Waals surface area contributed by atoms with E-state index in [1.807, 2.05) is 0 Å². The SMILES string of the molecule is C[C@@H](O[C@H]1OCCNC1c1ccc(F)cc1)c1cc(C(F)(F)F)cc(C(F)(F)F)c1. The zero-order chi connectivity index (χ0) is 22.1. The summed E-state index contributed by atoms with van der Waals surface area (Å²) in [5, 5.41) is 3.10. The first kappa shape index (κ1) is 22.5. The van der Waals surface area contributed by atoms with Crippen molar-refractivity contribution in [3.63, 3.8) is 0 Å². The molecule has 10 heteroatoms. The standard InChI is InChI=1S/C20H18F7NO2/c1-11(13-8-14(19(22,23)24)10-15(9-13)20(25,26)27)30-18-17(28-6-7-29-18)12-2-4-16(21)5-3-12/h2-5,8-11,17-18,28H,6-7H2,1H3/t11-,17?,18-/m1/s1. The fraction of sp³-hybridized carbons (Fsp3) is 0.400. The third kappa shape index (κ3) is 5.30. The van der Waals surface area contributed by atoms with Gasteiger partial charge in [0.25, 0.3) is 0 Å². The van der Waals surface area contributed by atoms with Crippen molar-refractivity contribution in [3.05, 3.63) is 70.5 Å². The van der Waals surface area contributed by atoms with Crippen LogP contribution < -0.4 is 5.32 Å². The normalized spacial score (nSPS) is 21.5. The van der Waals surface area contributed by atoms with Gasteiger partial charge in [-0.05, 0) is 48.4 Å². The molecule has 2 aromatic rings. The van der Waals surface area contributed by atoms with Gasteiger partial charge in [-0.2, -0.15) is 26.3 Å². The Morgan fingerprint density at radius 3 is 2.07 bits per heavy atom. The minimum Gasteiger partial charge on any atom is -0.349 e. The quantitative estimate of drug-likeness (QED) is 0.630. The Morgan fingerprint density at radius 2 is 1.53 bits per heavy atom. The van der Waals surface area contributed by atoms with Crippen LogP contribution in [0, 0.1) is 5.82 Å². The van der Waals surface area contributed by atoms with Crippen LogP contribution in [-0.2, 0) is 21.8 Å². The predicted octanol–water partition coefficient (Wildman–Crippen LogP) is 5.63. The van der Waals surface area contributed by atoms with Crippen LogP contribution >= 0.6 is 0 Å². The lowest BCUT2D eigenvalue weighted by molar-refractivity contribution is -0.200. The molecule has 0 aliphatic carbocycles. The van der Waals surface area contributed by atoms with Crippen molar-refractivity contribution in [1.29, 1.82) is 0 Å². The number of morpholine rings is 1. The largest absolute Gasteiger partial charge is 0.416 e. The van der Waals surface area contributed by atoms with E-state index in [0.29, 0.717) is 24.2 Å². The average molecular weight is 437 g/mol. The highest BCUT2D eigenvalue weighted by Crippen LogP contribution is 2.38. The Kier molecular flexibility index (Phi) is 6.40. The summed E-state index contributed by atoms with van der Waals surface area (Å²) in [6, 6.07) is 6.20. The van der Waals surface area contributed by atoms with Crippen LogP contribution in [0.3, 0.4) is 0 Å². The van der Waals surface area contributed by atoms with E-state index in [0.717, 1.165) is 0 Å². The maximum absolute atomic E-state index is 13.2. The Bertz CT molecular complexity index is 833. The van der Waals surface area contributed by atoms with Gasteiger partial charge < -0.3 is 14.8 Å². The molecule has 1 saturated heterocycles. The molecule has 1 aliphatic heterocycles. The van der Waals surface area contributed by atoms with Gasteiger partial charge in [-0.1, -0.05) is 12.1 Å². The van der Waals surface area contributed by atoms with Crippen LogP contribution in [0.25, 0.3) is 0 Å². The minimum absolute atomic E-state index is 0.0657. The van der Waals surface area contributed by atoms with Gasteiger partial charge >= 0.3 is 12.4 Å². The zero-order valence-electron chi connectivity index (χ0n) is 15.6. The van der Waals surface area contributed by atoms with Crippen LogP contribution in [0.4, 0.5) is 30.7 Å². The highest BCUT2D eigenvalue weighted by Gasteiger charge is 2.38. The zero-order valence-corrected chi connectivity index (χ0v) is 15.6. The van der Waals surface area contributed by atoms with Gasteiger partial charge in [-0.3, -0.25) is 0 Å². The Hall–Kier alpha value is -2.17. The summed E-state index contributed by atoms with van der Waals surface area (Å²) in [5.41, 5.74) is -2.52. The van der Waals surface area contributed by atoms with Gasteiger partial charge in [0, 0.05) is 6.54 Å². The summed E-state index contributed by atoms with van der Waals surface area (Å²) in [4.78, 5) is 0. The Morgan fingerprint density at radius 1 is 0.967 bits per heavy atom. The van der Waals surface area contributed by atoms with Crippen molar-refractivity contribution in [3.8, 4) is 0 Å². The smallest absolute Gasteiger partial charge is 0.349 e. The predicted molar refractivity (Wildman–Crippen MR) is 92.8 cm³/mol. The fourth-order valence-electron chi connectivity index (χ4n) is 3.14. The molecule has 3 rings (SSSR count). The van der Waals surface area contributed by atoms with Crippen molar-refractivity contribution in [2.24, 2.45) is 0 Å². The molecular formula is C20H18F7NO2. The van der Waals surface area contributed by atoms with Gasteiger partial charge in [0.05, 0.1) is 29.9 Å². The summed E-state index contributed by atoms with van der Waals surface area (Å²) in [6.07, 6.45) is -12.0. The molecule has 1 aliphatic rings. The maximum atomic E-state index is 13.2. The number of alkyl halides is 6. The Balaban J connectivity index is 1.88. The van der Waals surface area contributed by atoms with Crippen molar-refractivity contribution in [2.75, 3.05) is 13.2 Å². The minimum atomic E-state index is -4.95. The molecular weight excluding hydrogens is 419 g/mol. The van der Waals surface area contributed by atoms with E-state index in [2.05, 4.69) is 5.32 Å². The fourth-order valence-corrected chi connectivity index (χ4v) is 3.14. The summed E-state index contributed by atoms with van der Waals surface area (Å²) >= 11 is 0. The Labute approximate surface area is 167 Å². The van der Waals surface area contributed by atoms with Gasteiger partial charge in [-0.25, -0.2) is 4.39 Å². The molecule has 3 nitrogen and oxygen atoms in total. The molecule has 0 saturated carbocycles. The summed E-state index contributed by atoms with van der Waals surface area (Å²) in [6.45, 7) is 2.01. The average Bonchev–Trinajstić information content (AvgIpc) is 2.67. The van der Waals surface area contributed by atoms with Crippen molar-refractivity contribution in [2.45, 2.75) is 37.7 Å². The molecule has 1 fully saturated rings. The third-order valence-corrected chi connectivity index (χ3v) is 4.67. The summed E-state index contributed by atoms with van der Waals surface area (Å²) in [5.74, 6) is -0.454. The molecule has 1 heterocycles. The van der Waals surface area contributed by atoms with Crippen molar-refractivity contribution < 1.29 is 40.2 Å². The number of ether oxygens (including phenoxy) is 2. The first-order chi connectivity index (χ1) is 13.9. The number of halogens is 7. The monoisotopic (exact) mass is 437 g/mol. The van der Waals surface area contributed by atoms with Crippen LogP contribution in [0.1, 0.15) is 41.3 Å². The van der Waals surface area contributed by atoms with E-state index < -0.39 is 47.7 Å². The maximum Gasteiger partial charge on any atom is 0.416 e. The molecule has 164 valence electrons. The number of hydrogen-bond acceptors (Lipinski definition) is 3. The second-order valence-electron chi connectivity index (χ2n) is 6.84. The van der Waals surface area contributed by atoms with Crippen LogP contribution in [0.15, 0.2) is 42.5 Å². The number of rotatable bonds is 4. The molecule has 1 unspecified atom stereocenters. The molecule has 30 heavy (non-hydrogen) atoms. The third-order valence-electron chi connectivity index (χ3n) is 4.67. The van der Waals surface area contributed by atoms with Gasteiger partial charge in [-0.15, -0.1) is 0 Å². The topological polar surface area (TPSA) is 30.5 Å². The van der Waals surface area contributed by atoms with E-state index >= 15 is 0 Å². The van der Waals surface area contributed by atoms with E-state index in [4.69, 9.17) is 9.47 Å². The first-order valence-electron chi connectivity index (χ1n) is 9.00. The van der Waals surface area contributed by atoms with Crippen molar-refractivity contribution in [1.82, 2.24) is 5.32 Å². The highest BCUT2D eigenvalue weighted by atomic mass is 19.4. The van der Waals surface area contributed by atoms with E-state index in [1.54, 1.807) is 0 Å². The van der Waals surface area contributed by atoms with Crippen molar-refractivity contribution >= 4 is 0 Å². The van der Waals surface area contributed by atoms with Crippen LogP contribution in [0.2, 0.25) is 0 Å². The molecule has 3 atom stereocenters. The van der Waals surface area contributed by atoms with Crippen LogP contribution in [-0.4, -0.2) is 19.4 Å². The molecule has 1 N–H and O–H groups in total. The summed E-state index contributed by atoms with van der Waals surface area (Å²) in [7, 11) is 0. The van der Waals surface area contributed by atoms with E-state index in [9.17, 15) is 30.7 Å². The van der Waals surface area contributed by atoms with E-state index in [-0.39, 0.29) is 18.2 Å². The van der Waals surface area contributed by atoms with Gasteiger partial charge in [0.15, 0.2) is 6.29 Å². The molecule has 0 bridgehead atoms. The number of benzene rings is 2. The summed E-state index contributed by atoms with van der Waals surface area (Å²) < 4.78 is 103. The second kappa shape index (κ2) is 8.52. The molecule has 0 aromatic heterocycles. The second-order valence-corrected chi connectivity index (χ2v) is 6.84. The number of nitrogens with one attached hydrogen (secondary N) is 1.